The van der Waals surface area contributed by atoms with Gasteiger partial charge < -0.3 is 74.6 Å². The number of ether oxygens (including phenoxy) is 6. The predicted molar refractivity (Wildman–Crippen MR) is 136 cm³/mol. The second kappa shape index (κ2) is 15.0. The Morgan fingerprint density at radius 3 is 1.95 bits per heavy atom. The molecule has 238 valence electrons. The number of thioether (sulfide) groups is 1. The van der Waals surface area contributed by atoms with E-state index in [-0.39, 0.29) is 11.7 Å². The molecule has 41 heavy (non-hydrogen) atoms. The van der Waals surface area contributed by atoms with Crippen molar-refractivity contribution in [2.45, 2.75) is 105 Å². The second-order valence-corrected chi connectivity index (χ2v) is 11.1. The van der Waals surface area contributed by atoms with Crippen LogP contribution in [0.1, 0.15) is 13.8 Å². The lowest BCUT2D eigenvalue weighted by Gasteiger charge is -2.50. The van der Waals surface area contributed by atoms with Crippen LogP contribution in [0.4, 0.5) is 0 Å². The first kappa shape index (κ1) is 34.3. The predicted octanol–water partition coefficient (Wildman–Crippen LogP) is -5.04. The normalized spacial score (nSPS) is 45.2. The molecule has 0 spiro atoms. The molecule has 0 aromatic heterocycles. The van der Waals surface area contributed by atoms with E-state index in [1.165, 1.54) is 21.0 Å². The van der Waals surface area contributed by atoms with E-state index in [9.17, 15) is 45.6 Å². The van der Waals surface area contributed by atoms with Crippen LogP contribution in [0.2, 0.25) is 0 Å². The lowest BCUT2D eigenvalue weighted by molar-refractivity contribution is -0.357. The van der Waals surface area contributed by atoms with Gasteiger partial charge in [-0.05, 0) is 6.92 Å². The molecule has 17 nitrogen and oxygen atoms in total. The monoisotopic (exact) mass is 616 g/mol. The largest absolute Gasteiger partial charge is 0.484 e. The topological polar surface area (TPSA) is 270 Å². The Hall–Kier alpha value is -1.23. The van der Waals surface area contributed by atoms with Gasteiger partial charge in [0.05, 0.1) is 38.2 Å². The van der Waals surface area contributed by atoms with Crippen LogP contribution in [0.15, 0.2) is 0 Å². The van der Waals surface area contributed by atoms with Crippen LogP contribution in [0.25, 0.3) is 0 Å². The first-order chi connectivity index (χ1) is 19.3. The molecule has 3 heterocycles. The van der Waals surface area contributed by atoms with Gasteiger partial charge in [-0.25, -0.2) is 0 Å². The molecule has 0 aromatic rings. The summed E-state index contributed by atoms with van der Waals surface area (Å²) in [6.45, 7) is 1.18. The molecule has 3 rings (SSSR count). The van der Waals surface area contributed by atoms with Gasteiger partial charge in [0.25, 0.3) is 0 Å². The molecule has 1 amide bonds. The number of hydrogen-bond acceptors (Lipinski definition) is 17. The Labute approximate surface area is 239 Å². The van der Waals surface area contributed by atoms with E-state index >= 15 is 0 Å². The molecule has 3 aliphatic heterocycles. The third-order valence-electron chi connectivity index (χ3n) is 7.06. The number of hydrogen-bond donors (Lipinski definition) is 10. The maximum atomic E-state index is 12.3. The molecule has 0 saturated carbocycles. The molecule has 15 atom stereocenters. The highest BCUT2D eigenvalue weighted by molar-refractivity contribution is 8.00. The lowest BCUT2D eigenvalue weighted by Crippen LogP contribution is -2.69. The zero-order chi connectivity index (χ0) is 30.6. The van der Waals surface area contributed by atoms with Crippen molar-refractivity contribution < 1.29 is 74.1 Å². The van der Waals surface area contributed by atoms with Crippen molar-refractivity contribution >= 4 is 23.6 Å². The summed E-state index contributed by atoms with van der Waals surface area (Å²) in [4.78, 5) is 12.3. The van der Waals surface area contributed by atoms with Crippen LogP contribution in [0.5, 0.6) is 0 Å². The molecule has 18 heteroatoms. The number of nitrogens with one attached hydrogen (secondary N) is 2. The molecule has 0 aromatic carbocycles. The SMILES string of the molecule is COC(=N)CS[C@@H]1O[C@@H](CO)[C@@H](O[C@@H]2OC(C)[C@@H](O)[C@H](O)C2O)C(O[C@@H]2O[C@@H](CO)[C@H](O)C(O)C2O)C1NC(C)=O. The van der Waals surface area contributed by atoms with E-state index in [0.717, 1.165) is 11.8 Å². The Morgan fingerprint density at radius 2 is 1.39 bits per heavy atom. The zero-order valence-electron chi connectivity index (χ0n) is 22.6. The molecular weight excluding hydrogens is 576 g/mol. The van der Waals surface area contributed by atoms with Gasteiger partial charge in [0.15, 0.2) is 18.5 Å². The summed E-state index contributed by atoms with van der Waals surface area (Å²) in [7, 11) is 1.29. The van der Waals surface area contributed by atoms with Crippen molar-refractivity contribution in [3.63, 3.8) is 0 Å². The summed E-state index contributed by atoms with van der Waals surface area (Å²) in [5.41, 5.74) is -1.02. The quantitative estimate of drug-likeness (QED) is 0.0812. The molecular formula is C23H40N2O15S. The van der Waals surface area contributed by atoms with Crippen LogP contribution < -0.4 is 5.32 Å². The van der Waals surface area contributed by atoms with Crippen molar-refractivity contribution in [2.24, 2.45) is 0 Å². The maximum Gasteiger partial charge on any atom is 0.217 e. The Bertz CT molecular complexity index is 873. The fraction of sp³-hybridized carbons (Fsp3) is 0.913. The van der Waals surface area contributed by atoms with Gasteiger partial charge in [0.2, 0.25) is 5.91 Å². The summed E-state index contributed by atoms with van der Waals surface area (Å²) in [5.74, 6) is -0.721. The molecule has 0 radical (unpaired) electrons. The Balaban J connectivity index is 1.99. The van der Waals surface area contributed by atoms with Gasteiger partial charge in [0, 0.05) is 6.92 Å². The third-order valence-corrected chi connectivity index (χ3v) is 8.22. The molecule has 10 N–H and O–H groups in total. The van der Waals surface area contributed by atoms with Crippen molar-refractivity contribution in [3.8, 4) is 0 Å². The van der Waals surface area contributed by atoms with Crippen LogP contribution in [0, 0.1) is 5.41 Å². The average molecular weight is 617 g/mol. The number of carbonyl (C=O) groups is 1. The van der Waals surface area contributed by atoms with Crippen molar-refractivity contribution in [1.82, 2.24) is 5.32 Å². The Morgan fingerprint density at radius 1 is 0.829 bits per heavy atom. The van der Waals surface area contributed by atoms with E-state index in [0.29, 0.717) is 0 Å². The van der Waals surface area contributed by atoms with E-state index in [1.54, 1.807) is 0 Å². The summed E-state index contributed by atoms with van der Waals surface area (Å²) in [6, 6.07) is -1.16. The number of rotatable bonds is 10. The molecule has 0 bridgehead atoms. The highest BCUT2D eigenvalue weighted by Crippen LogP contribution is 2.36. The number of amides is 1. The summed E-state index contributed by atoms with van der Waals surface area (Å²) < 4.78 is 33.9. The van der Waals surface area contributed by atoms with E-state index in [1.807, 2.05) is 0 Å². The summed E-state index contributed by atoms with van der Waals surface area (Å²) >= 11 is 1.00. The highest BCUT2D eigenvalue weighted by Gasteiger charge is 2.54. The van der Waals surface area contributed by atoms with Gasteiger partial charge in [-0.1, -0.05) is 0 Å². The lowest BCUT2D eigenvalue weighted by atomic mass is 9.95. The van der Waals surface area contributed by atoms with E-state index in [4.69, 9.17) is 33.8 Å². The van der Waals surface area contributed by atoms with Gasteiger partial charge in [0.1, 0.15) is 66.5 Å². The number of aliphatic hydroxyl groups excluding tert-OH is 8. The van der Waals surface area contributed by atoms with E-state index < -0.39 is 110 Å². The summed E-state index contributed by atoms with van der Waals surface area (Å²) in [6.07, 6.45) is -19.9. The zero-order valence-corrected chi connectivity index (χ0v) is 23.4. The van der Waals surface area contributed by atoms with E-state index in [2.05, 4.69) is 5.32 Å². The van der Waals surface area contributed by atoms with Gasteiger partial charge in [-0.15, -0.1) is 11.8 Å². The standard InChI is InChI=1S/C23H40N2O15S/c1-7-13(29)15(31)17(33)21(36-7)39-19-10(5-27)38-23(41-6-11(24)35-3)12(25-8(2)28)20(19)40-22-18(34)16(32)14(30)9(4-26)37-22/h7,9-10,12-24,26-27,29-34H,4-6H2,1-3H3,(H,25,28)/t7?,9-,10-,12?,13+,14-,15-,16?,17?,18?,19+,20?,21-,22-,23-/m0/s1. The molecule has 6 unspecified atom stereocenters. The smallest absolute Gasteiger partial charge is 0.217 e. The number of methoxy groups -OCH3 is 1. The molecule has 0 aliphatic carbocycles. The second-order valence-electron chi connectivity index (χ2n) is 9.97. The van der Waals surface area contributed by atoms with Gasteiger partial charge in [-0.2, -0.15) is 0 Å². The maximum absolute atomic E-state index is 12.3. The van der Waals surface area contributed by atoms with Crippen LogP contribution >= 0.6 is 11.8 Å². The van der Waals surface area contributed by atoms with Crippen LogP contribution in [-0.4, -0.2) is 170 Å². The first-order valence-electron chi connectivity index (χ1n) is 12.9. The minimum absolute atomic E-state index is 0.0280. The summed E-state index contributed by atoms with van der Waals surface area (Å²) in [5, 5.41) is 92.3. The molecule has 3 fully saturated rings. The molecule has 3 aliphatic rings. The Kier molecular flexibility index (Phi) is 12.5. The van der Waals surface area contributed by atoms with Gasteiger partial charge >= 0.3 is 0 Å². The van der Waals surface area contributed by atoms with Crippen molar-refractivity contribution in [1.29, 1.82) is 5.41 Å². The van der Waals surface area contributed by atoms with Crippen LogP contribution in [-0.2, 0) is 33.2 Å². The number of carbonyl (C=O) groups excluding carboxylic acids is 1. The highest BCUT2D eigenvalue weighted by atomic mass is 32.2. The fourth-order valence-electron chi connectivity index (χ4n) is 4.74. The van der Waals surface area contributed by atoms with Crippen molar-refractivity contribution in [3.05, 3.63) is 0 Å². The third kappa shape index (κ3) is 7.84. The molecule has 3 saturated heterocycles. The fourth-order valence-corrected chi connectivity index (χ4v) is 5.82. The van der Waals surface area contributed by atoms with Crippen molar-refractivity contribution in [2.75, 3.05) is 26.1 Å². The minimum atomic E-state index is -1.84. The van der Waals surface area contributed by atoms with Crippen LogP contribution in [0.3, 0.4) is 0 Å². The average Bonchev–Trinajstić information content (AvgIpc) is 2.95. The number of aliphatic hydroxyl groups is 8. The minimum Gasteiger partial charge on any atom is -0.484 e. The first-order valence-corrected chi connectivity index (χ1v) is 14.0. The van der Waals surface area contributed by atoms with Gasteiger partial charge in [-0.3, -0.25) is 10.2 Å².